The lowest BCUT2D eigenvalue weighted by Crippen LogP contribution is -2.47. The van der Waals surface area contributed by atoms with E-state index in [1.807, 2.05) is 48.3 Å². The van der Waals surface area contributed by atoms with E-state index in [4.69, 9.17) is 16.3 Å². The molecule has 1 atom stereocenters. The first-order valence-corrected chi connectivity index (χ1v) is 12.1. The van der Waals surface area contributed by atoms with Gasteiger partial charge in [0.15, 0.2) is 0 Å². The normalized spacial score (nSPS) is 12.1. The van der Waals surface area contributed by atoms with Crippen molar-refractivity contribution in [1.29, 1.82) is 0 Å². The van der Waals surface area contributed by atoms with Crippen molar-refractivity contribution in [2.75, 3.05) is 5.32 Å². The number of anilines is 1. The molecule has 4 rings (SSSR count). The first-order chi connectivity index (χ1) is 17.6. The second kappa shape index (κ2) is 10.9. The minimum absolute atomic E-state index is 0.158. The van der Waals surface area contributed by atoms with Crippen molar-refractivity contribution in [3.05, 3.63) is 84.2 Å². The van der Waals surface area contributed by atoms with Gasteiger partial charge in [-0.2, -0.15) is 5.10 Å². The molecule has 0 fully saturated rings. The lowest BCUT2D eigenvalue weighted by molar-refractivity contribution is -0.118. The Labute approximate surface area is 220 Å². The van der Waals surface area contributed by atoms with Gasteiger partial charge in [0.25, 0.3) is 0 Å². The van der Waals surface area contributed by atoms with E-state index in [2.05, 4.69) is 20.7 Å². The molecular weight excluding hydrogens is 492 g/mol. The summed E-state index contributed by atoms with van der Waals surface area (Å²) in [7, 11) is 1.84. The Kier molecular flexibility index (Phi) is 7.63. The average molecular weight is 521 g/mol. The summed E-state index contributed by atoms with van der Waals surface area (Å²) in [5, 5.41) is 10.3. The van der Waals surface area contributed by atoms with Crippen LogP contribution in [0.2, 0.25) is 5.02 Å². The zero-order valence-electron chi connectivity index (χ0n) is 21.1. The monoisotopic (exact) mass is 520 g/mol. The van der Waals surface area contributed by atoms with Gasteiger partial charge in [0.2, 0.25) is 5.91 Å². The molecule has 0 saturated carbocycles. The molecule has 0 aliphatic carbocycles. The molecule has 2 N–H and O–H groups in total. The van der Waals surface area contributed by atoms with Crippen LogP contribution in [0.15, 0.2) is 73.6 Å². The van der Waals surface area contributed by atoms with Gasteiger partial charge in [0.05, 0.1) is 12.5 Å². The highest BCUT2D eigenvalue weighted by molar-refractivity contribution is 6.31. The molecular formula is C27H29ClN6O3. The van der Waals surface area contributed by atoms with Crippen molar-refractivity contribution in [1.82, 2.24) is 24.6 Å². The molecule has 10 heteroatoms. The van der Waals surface area contributed by atoms with Crippen LogP contribution in [-0.4, -0.2) is 43.0 Å². The zero-order valence-corrected chi connectivity index (χ0v) is 21.9. The summed E-state index contributed by atoms with van der Waals surface area (Å²) >= 11 is 6.50. The standard InChI is InChI=1S/C27H29ClN6O3/c1-27(2,3)37-26(36)32-24(14-19-13-18(5-10-23(19)28)20-15-30-33(4)16-20)25(35)31-21-6-8-22(9-7-21)34-12-11-29-17-34/h5-13,15-17,24H,14H2,1-4H3,(H,31,35)(H,32,36). The summed E-state index contributed by atoms with van der Waals surface area (Å²) in [6, 6.07) is 11.9. The number of imidazole rings is 1. The fourth-order valence-electron chi connectivity index (χ4n) is 3.72. The molecule has 0 radical (unpaired) electrons. The predicted octanol–water partition coefficient (Wildman–Crippen LogP) is 5.00. The number of ether oxygens (including phenoxy) is 1. The fraction of sp³-hybridized carbons (Fsp3) is 0.259. The van der Waals surface area contributed by atoms with Gasteiger partial charge in [0.1, 0.15) is 11.6 Å². The minimum Gasteiger partial charge on any atom is -0.444 e. The van der Waals surface area contributed by atoms with Crippen molar-refractivity contribution >= 4 is 29.3 Å². The van der Waals surface area contributed by atoms with Crippen LogP contribution >= 0.6 is 11.6 Å². The first-order valence-electron chi connectivity index (χ1n) is 11.7. The summed E-state index contributed by atoms with van der Waals surface area (Å²) in [5.41, 5.74) is 3.29. The number of benzene rings is 2. The molecule has 0 spiro atoms. The third kappa shape index (κ3) is 6.98. The number of alkyl carbamates (subject to hydrolysis) is 1. The third-order valence-electron chi connectivity index (χ3n) is 5.45. The Morgan fingerprint density at radius 3 is 2.49 bits per heavy atom. The van der Waals surface area contributed by atoms with Gasteiger partial charge < -0.3 is 19.9 Å². The van der Waals surface area contributed by atoms with Crippen LogP contribution in [0.3, 0.4) is 0 Å². The van der Waals surface area contributed by atoms with E-state index >= 15 is 0 Å². The van der Waals surface area contributed by atoms with Gasteiger partial charge in [-0.15, -0.1) is 0 Å². The molecule has 0 aliphatic rings. The van der Waals surface area contributed by atoms with Gasteiger partial charge in [-0.3, -0.25) is 9.48 Å². The van der Waals surface area contributed by atoms with Crippen LogP contribution < -0.4 is 10.6 Å². The number of aromatic nitrogens is 4. The van der Waals surface area contributed by atoms with Gasteiger partial charge in [0, 0.05) is 54.0 Å². The van der Waals surface area contributed by atoms with E-state index < -0.39 is 23.6 Å². The number of rotatable bonds is 7. The van der Waals surface area contributed by atoms with Crippen molar-refractivity contribution in [2.45, 2.75) is 38.8 Å². The van der Waals surface area contributed by atoms with E-state index in [1.165, 1.54) is 0 Å². The lowest BCUT2D eigenvalue weighted by atomic mass is 10.0. The smallest absolute Gasteiger partial charge is 0.408 e. The number of hydrogen-bond acceptors (Lipinski definition) is 5. The number of hydrogen-bond donors (Lipinski definition) is 2. The molecule has 2 heterocycles. The second-order valence-electron chi connectivity index (χ2n) is 9.62. The van der Waals surface area contributed by atoms with Crippen LogP contribution in [0, 0.1) is 0 Å². The summed E-state index contributed by atoms with van der Waals surface area (Å²) in [6.45, 7) is 5.28. The molecule has 0 aliphatic heterocycles. The number of amides is 2. The molecule has 2 aromatic carbocycles. The maximum absolute atomic E-state index is 13.3. The third-order valence-corrected chi connectivity index (χ3v) is 5.82. The van der Waals surface area contributed by atoms with Crippen molar-refractivity contribution in [2.24, 2.45) is 7.05 Å². The molecule has 2 aromatic heterocycles. The summed E-state index contributed by atoms with van der Waals surface area (Å²) in [4.78, 5) is 30.0. The van der Waals surface area contributed by atoms with Crippen molar-refractivity contribution in [3.63, 3.8) is 0 Å². The van der Waals surface area contributed by atoms with Crippen molar-refractivity contribution in [3.8, 4) is 16.8 Å². The van der Waals surface area contributed by atoms with Crippen LogP contribution in [0.4, 0.5) is 10.5 Å². The zero-order chi connectivity index (χ0) is 26.6. The van der Waals surface area contributed by atoms with E-state index in [1.54, 1.807) is 62.4 Å². The summed E-state index contributed by atoms with van der Waals surface area (Å²) in [5.74, 6) is -0.399. The molecule has 0 bridgehead atoms. The Morgan fingerprint density at radius 1 is 1.11 bits per heavy atom. The van der Waals surface area contributed by atoms with Crippen molar-refractivity contribution < 1.29 is 14.3 Å². The predicted molar refractivity (Wildman–Crippen MR) is 143 cm³/mol. The van der Waals surface area contributed by atoms with Gasteiger partial charge in [-0.25, -0.2) is 9.78 Å². The number of halogens is 1. The Bertz CT molecular complexity index is 1370. The Morgan fingerprint density at radius 2 is 1.86 bits per heavy atom. The van der Waals surface area contributed by atoms with E-state index in [9.17, 15) is 9.59 Å². The van der Waals surface area contributed by atoms with E-state index in [0.717, 1.165) is 16.8 Å². The van der Waals surface area contributed by atoms with E-state index in [-0.39, 0.29) is 6.42 Å². The molecule has 2 amide bonds. The molecule has 1 unspecified atom stereocenters. The van der Waals surface area contributed by atoms with E-state index in [0.29, 0.717) is 16.3 Å². The fourth-order valence-corrected chi connectivity index (χ4v) is 3.91. The van der Waals surface area contributed by atoms with Gasteiger partial charge in [-0.05, 0) is 68.3 Å². The minimum atomic E-state index is -0.940. The van der Waals surface area contributed by atoms with Crippen LogP contribution in [0.5, 0.6) is 0 Å². The number of carbonyl (C=O) groups is 2. The molecule has 192 valence electrons. The summed E-state index contributed by atoms with van der Waals surface area (Å²) in [6.07, 6.45) is 8.33. The largest absolute Gasteiger partial charge is 0.444 e. The molecule has 4 aromatic rings. The molecule has 9 nitrogen and oxygen atoms in total. The number of aryl methyl sites for hydroxylation is 1. The molecule has 37 heavy (non-hydrogen) atoms. The highest BCUT2D eigenvalue weighted by Crippen LogP contribution is 2.26. The number of nitrogens with one attached hydrogen (secondary N) is 2. The molecule has 0 saturated heterocycles. The highest BCUT2D eigenvalue weighted by Gasteiger charge is 2.26. The Hall–Kier alpha value is -4.11. The Balaban J connectivity index is 1.56. The lowest BCUT2D eigenvalue weighted by Gasteiger charge is -2.24. The maximum atomic E-state index is 13.3. The number of carbonyl (C=O) groups excluding carboxylic acids is 2. The quantitative estimate of drug-likeness (QED) is 0.357. The van der Waals surface area contributed by atoms with Gasteiger partial charge >= 0.3 is 6.09 Å². The second-order valence-corrected chi connectivity index (χ2v) is 10.0. The van der Waals surface area contributed by atoms with Crippen LogP contribution in [0.25, 0.3) is 16.8 Å². The highest BCUT2D eigenvalue weighted by atomic mass is 35.5. The topological polar surface area (TPSA) is 103 Å². The SMILES string of the molecule is Cn1cc(-c2ccc(Cl)c(CC(NC(=O)OC(C)(C)C)C(=O)Nc3ccc(-n4ccnc4)cc3)c2)cn1. The van der Waals surface area contributed by atoms with Crippen LogP contribution in [-0.2, 0) is 23.0 Å². The number of nitrogens with zero attached hydrogens (tertiary/aromatic N) is 4. The summed E-state index contributed by atoms with van der Waals surface area (Å²) < 4.78 is 8.97. The van der Waals surface area contributed by atoms with Gasteiger partial charge in [-0.1, -0.05) is 17.7 Å². The van der Waals surface area contributed by atoms with Crippen LogP contribution in [0.1, 0.15) is 26.3 Å². The maximum Gasteiger partial charge on any atom is 0.408 e. The average Bonchev–Trinajstić information content (AvgIpc) is 3.51. The first kappa shape index (κ1) is 26.0.